The number of esters is 1. The number of aliphatic imine (C=N–C) groups is 1. The van der Waals surface area contributed by atoms with Gasteiger partial charge in [0.15, 0.2) is 6.10 Å². The van der Waals surface area contributed by atoms with Gasteiger partial charge in [0.2, 0.25) is 5.96 Å². The van der Waals surface area contributed by atoms with Crippen molar-refractivity contribution in [2.45, 2.75) is 19.1 Å². The topological polar surface area (TPSA) is 74.2 Å². The van der Waals surface area contributed by atoms with Gasteiger partial charge >= 0.3 is 5.97 Å². The zero-order valence-corrected chi connectivity index (χ0v) is 15.2. The van der Waals surface area contributed by atoms with E-state index in [2.05, 4.69) is 16.9 Å². The third kappa shape index (κ3) is 3.85. The molecule has 0 aliphatic carbocycles. The van der Waals surface area contributed by atoms with Crippen LogP contribution in [0.2, 0.25) is 0 Å². The minimum absolute atomic E-state index is 0.200. The van der Waals surface area contributed by atoms with Crippen LogP contribution in [0.25, 0.3) is 0 Å². The number of carbonyl (C=O) groups excluding carboxylic acids is 1. The van der Waals surface area contributed by atoms with E-state index in [9.17, 15) is 9.90 Å². The zero-order chi connectivity index (χ0) is 19.2. The number of benzene rings is 2. The lowest BCUT2D eigenvalue weighted by Crippen LogP contribution is -2.50. The van der Waals surface area contributed by atoms with E-state index >= 15 is 0 Å². The molecule has 1 aliphatic heterocycles. The van der Waals surface area contributed by atoms with Crippen molar-refractivity contribution in [2.75, 3.05) is 23.4 Å². The number of nitrogens with zero attached hydrogens (tertiary/aromatic N) is 2. The maximum Gasteiger partial charge on any atom is 0.337 e. The fourth-order valence-electron chi connectivity index (χ4n) is 3.13. The van der Waals surface area contributed by atoms with E-state index in [1.807, 2.05) is 59.5 Å². The van der Waals surface area contributed by atoms with Crippen LogP contribution < -0.4 is 10.2 Å². The number of carbonyl (C=O) groups is 1. The standard InChI is InChI=1S/C21H23N3O3/c1-3-14-22-21-23-17-13-9-8-12-16(17)18(19(25)20(26)27-4-2)24(21)15-10-6-5-7-11-15/h3,5-13,18-19,25H,1,4,14H2,2H3,(H,22,23)/t18-,19-/m0/s1. The number of aliphatic hydroxyl groups excluding tert-OH is 1. The summed E-state index contributed by atoms with van der Waals surface area (Å²) in [6.07, 6.45) is 0.317. The highest BCUT2D eigenvalue weighted by Gasteiger charge is 2.40. The number of hydrogen-bond acceptors (Lipinski definition) is 4. The zero-order valence-electron chi connectivity index (χ0n) is 15.2. The molecule has 6 heteroatoms. The molecule has 1 heterocycles. The van der Waals surface area contributed by atoms with Crippen LogP contribution in [0.4, 0.5) is 11.4 Å². The van der Waals surface area contributed by atoms with E-state index in [0.717, 1.165) is 16.9 Å². The molecular formula is C21H23N3O3. The number of aliphatic hydroxyl groups is 1. The van der Waals surface area contributed by atoms with Gasteiger partial charge in [0.1, 0.15) is 6.04 Å². The molecule has 0 saturated heterocycles. The Hall–Kier alpha value is -3.12. The summed E-state index contributed by atoms with van der Waals surface area (Å²) in [6.45, 7) is 6.03. The van der Waals surface area contributed by atoms with Crippen LogP contribution >= 0.6 is 0 Å². The van der Waals surface area contributed by atoms with E-state index in [-0.39, 0.29) is 6.61 Å². The van der Waals surface area contributed by atoms with Crippen LogP contribution in [0.5, 0.6) is 0 Å². The molecule has 6 nitrogen and oxygen atoms in total. The average molecular weight is 365 g/mol. The molecule has 0 spiro atoms. The highest BCUT2D eigenvalue weighted by atomic mass is 16.5. The molecule has 140 valence electrons. The van der Waals surface area contributed by atoms with Gasteiger partial charge in [-0.15, -0.1) is 6.58 Å². The van der Waals surface area contributed by atoms with Gasteiger partial charge in [0, 0.05) is 16.9 Å². The van der Waals surface area contributed by atoms with Gasteiger partial charge in [-0.25, -0.2) is 9.79 Å². The number of ether oxygens (including phenoxy) is 1. The minimum atomic E-state index is -1.37. The third-order valence-corrected chi connectivity index (χ3v) is 4.26. The summed E-state index contributed by atoms with van der Waals surface area (Å²) in [5.74, 6) is -0.128. The van der Waals surface area contributed by atoms with Crippen molar-refractivity contribution in [2.24, 2.45) is 4.99 Å². The number of fused-ring (bicyclic) bond motifs is 1. The van der Waals surface area contributed by atoms with Crippen LogP contribution in [0.15, 0.2) is 72.2 Å². The summed E-state index contributed by atoms with van der Waals surface area (Å²) in [4.78, 5) is 18.7. The number of rotatable bonds is 6. The van der Waals surface area contributed by atoms with Crippen molar-refractivity contribution >= 4 is 23.3 Å². The Morgan fingerprint density at radius 1 is 1.30 bits per heavy atom. The van der Waals surface area contributed by atoms with E-state index in [4.69, 9.17) is 4.74 Å². The number of nitrogens with one attached hydrogen (secondary N) is 1. The van der Waals surface area contributed by atoms with Crippen molar-refractivity contribution in [3.05, 3.63) is 72.8 Å². The average Bonchev–Trinajstić information content (AvgIpc) is 2.71. The molecule has 0 fully saturated rings. The quantitative estimate of drug-likeness (QED) is 0.608. The Balaban J connectivity index is 2.15. The van der Waals surface area contributed by atoms with Crippen molar-refractivity contribution in [3.63, 3.8) is 0 Å². The lowest BCUT2D eigenvalue weighted by Gasteiger charge is -2.41. The second-order valence-corrected chi connectivity index (χ2v) is 6.01. The highest BCUT2D eigenvalue weighted by molar-refractivity contribution is 6.09. The summed E-state index contributed by atoms with van der Waals surface area (Å²) >= 11 is 0. The predicted molar refractivity (Wildman–Crippen MR) is 107 cm³/mol. The van der Waals surface area contributed by atoms with Crippen LogP contribution in [-0.2, 0) is 9.53 Å². The van der Waals surface area contributed by atoms with E-state index < -0.39 is 18.1 Å². The van der Waals surface area contributed by atoms with Gasteiger partial charge < -0.3 is 20.1 Å². The van der Waals surface area contributed by atoms with Crippen molar-refractivity contribution in [3.8, 4) is 0 Å². The van der Waals surface area contributed by atoms with Gasteiger partial charge in [-0.05, 0) is 25.1 Å². The second kappa shape index (κ2) is 8.51. The predicted octanol–water partition coefficient (Wildman–Crippen LogP) is 3.13. The normalized spacial score (nSPS) is 18.4. The van der Waals surface area contributed by atoms with Crippen LogP contribution in [0.1, 0.15) is 18.5 Å². The van der Waals surface area contributed by atoms with Crippen molar-refractivity contribution < 1.29 is 14.6 Å². The second-order valence-electron chi connectivity index (χ2n) is 6.01. The Morgan fingerprint density at radius 3 is 2.70 bits per heavy atom. The molecular weight excluding hydrogens is 342 g/mol. The molecule has 1 aliphatic rings. The monoisotopic (exact) mass is 365 g/mol. The fourth-order valence-corrected chi connectivity index (χ4v) is 3.13. The Bertz CT molecular complexity index is 836. The lowest BCUT2D eigenvalue weighted by molar-refractivity contribution is -0.154. The number of para-hydroxylation sites is 2. The van der Waals surface area contributed by atoms with Crippen molar-refractivity contribution in [1.29, 1.82) is 0 Å². The maximum atomic E-state index is 12.4. The third-order valence-electron chi connectivity index (χ3n) is 4.26. The summed E-state index contributed by atoms with van der Waals surface area (Å²) in [6, 6.07) is 16.4. The van der Waals surface area contributed by atoms with Gasteiger partial charge in [0.25, 0.3) is 0 Å². The highest BCUT2D eigenvalue weighted by Crippen LogP contribution is 2.38. The molecule has 3 rings (SSSR count). The first kappa shape index (κ1) is 18.7. The fraction of sp³-hybridized carbons (Fsp3) is 0.238. The summed E-state index contributed by atoms with van der Waals surface area (Å²) in [7, 11) is 0. The first-order valence-electron chi connectivity index (χ1n) is 8.87. The first-order valence-corrected chi connectivity index (χ1v) is 8.87. The summed E-state index contributed by atoms with van der Waals surface area (Å²) in [5, 5.41) is 14.2. The maximum absolute atomic E-state index is 12.4. The Labute approximate surface area is 158 Å². The Kier molecular flexibility index (Phi) is 5.88. The summed E-state index contributed by atoms with van der Waals surface area (Å²) in [5.41, 5.74) is 2.39. The van der Waals surface area contributed by atoms with Gasteiger partial charge in [-0.3, -0.25) is 0 Å². The molecule has 2 N–H and O–H groups in total. The van der Waals surface area contributed by atoms with Gasteiger partial charge in [-0.2, -0.15) is 0 Å². The van der Waals surface area contributed by atoms with E-state index in [1.165, 1.54) is 0 Å². The largest absolute Gasteiger partial charge is 0.464 e. The molecule has 2 aromatic carbocycles. The smallest absolute Gasteiger partial charge is 0.337 e. The van der Waals surface area contributed by atoms with Gasteiger partial charge in [-0.1, -0.05) is 42.5 Å². The number of guanidine groups is 1. The number of hydrogen-bond donors (Lipinski definition) is 2. The van der Waals surface area contributed by atoms with E-state index in [1.54, 1.807) is 13.0 Å². The summed E-state index contributed by atoms with van der Waals surface area (Å²) < 4.78 is 5.08. The number of anilines is 2. The van der Waals surface area contributed by atoms with Crippen LogP contribution in [0.3, 0.4) is 0 Å². The molecule has 0 saturated carbocycles. The molecule has 0 aromatic heterocycles. The van der Waals surface area contributed by atoms with Crippen molar-refractivity contribution in [1.82, 2.24) is 0 Å². The van der Waals surface area contributed by atoms with E-state index in [0.29, 0.717) is 12.5 Å². The minimum Gasteiger partial charge on any atom is -0.464 e. The Morgan fingerprint density at radius 2 is 2.00 bits per heavy atom. The molecule has 0 amide bonds. The molecule has 0 radical (unpaired) electrons. The molecule has 2 aromatic rings. The van der Waals surface area contributed by atoms with Crippen LogP contribution in [-0.4, -0.2) is 36.3 Å². The first-order chi connectivity index (χ1) is 13.2. The van der Waals surface area contributed by atoms with Crippen LogP contribution in [0, 0.1) is 0 Å². The molecule has 27 heavy (non-hydrogen) atoms. The van der Waals surface area contributed by atoms with Gasteiger partial charge in [0.05, 0.1) is 13.2 Å². The lowest BCUT2D eigenvalue weighted by atomic mass is 9.95. The SMILES string of the molecule is C=CCN=C1Nc2ccccc2[C@@H]([C@H](O)C(=O)OCC)N1c1ccccc1. The molecule has 0 bridgehead atoms. The molecule has 0 unspecified atom stereocenters. The molecule has 2 atom stereocenters.